The van der Waals surface area contributed by atoms with Crippen LogP contribution in [0.4, 0.5) is 5.82 Å². The number of nitriles is 1. The summed E-state index contributed by atoms with van der Waals surface area (Å²) in [6.07, 6.45) is 1.49. The predicted molar refractivity (Wildman–Crippen MR) is 71.0 cm³/mol. The van der Waals surface area contributed by atoms with Gasteiger partial charge in [-0.1, -0.05) is 12.1 Å². The lowest BCUT2D eigenvalue weighted by atomic mass is 10.1. The van der Waals surface area contributed by atoms with Crippen LogP contribution in [-0.2, 0) is 6.54 Å². The molecule has 1 aromatic carbocycles. The summed E-state index contributed by atoms with van der Waals surface area (Å²) in [7, 11) is 0. The number of nitrogens with two attached hydrogens (primary N) is 1. The second-order valence-corrected chi connectivity index (χ2v) is 3.96. The molecule has 0 radical (unpaired) electrons. The van der Waals surface area contributed by atoms with Crippen molar-refractivity contribution in [1.82, 2.24) is 10.3 Å². The number of amides is 1. The van der Waals surface area contributed by atoms with Crippen LogP contribution in [0.5, 0.6) is 0 Å². The maximum absolute atomic E-state index is 11.8. The van der Waals surface area contributed by atoms with E-state index in [9.17, 15) is 4.79 Å². The average Bonchev–Trinajstić information content (AvgIpc) is 2.45. The lowest BCUT2D eigenvalue weighted by Gasteiger charge is -2.05. The van der Waals surface area contributed by atoms with Crippen molar-refractivity contribution in [2.75, 3.05) is 5.73 Å². The van der Waals surface area contributed by atoms with Crippen LogP contribution in [0.2, 0.25) is 0 Å². The van der Waals surface area contributed by atoms with Gasteiger partial charge >= 0.3 is 0 Å². The van der Waals surface area contributed by atoms with E-state index in [0.29, 0.717) is 23.5 Å². The number of benzene rings is 1. The summed E-state index contributed by atoms with van der Waals surface area (Å²) >= 11 is 0. The Kier molecular flexibility index (Phi) is 3.74. The van der Waals surface area contributed by atoms with E-state index in [0.717, 1.165) is 5.56 Å². The zero-order valence-electron chi connectivity index (χ0n) is 10.1. The number of hydrogen-bond donors (Lipinski definition) is 2. The van der Waals surface area contributed by atoms with Crippen LogP contribution < -0.4 is 11.1 Å². The number of aromatic nitrogens is 1. The van der Waals surface area contributed by atoms with E-state index in [1.165, 1.54) is 12.3 Å². The maximum Gasteiger partial charge on any atom is 0.251 e. The first-order chi connectivity index (χ1) is 9.19. The number of carbonyl (C=O) groups is 1. The van der Waals surface area contributed by atoms with E-state index in [1.54, 1.807) is 30.3 Å². The monoisotopic (exact) mass is 252 g/mol. The quantitative estimate of drug-likeness (QED) is 0.865. The molecule has 5 nitrogen and oxygen atoms in total. The van der Waals surface area contributed by atoms with Gasteiger partial charge in [-0.3, -0.25) is 4.79 Å². The van der Waals surface area contributed by atoms with Crippen molar-refractivity contribution in [3.63, 3.8) is 0 Å². The van der Waals surface area contributed by atoms with Gasteiger partial charge < -0.3 is 11.1 Å². The first kappa shape index (κ1) is 12.6. The van der Waals surface area contributed by atoms with Gasteiger partial charge in [-0.05, 0) is 29.8 Å². The molecule has 5 heteroatoms. The molecule has 0 atom stereocenters. The third-order valence-electron chi connectivity index (χ3n) is 2.58. The molecule has 0 aliphatic carbocycles. The number of anilines is 1. The van der Waals surface area contributed by atoms with Gasteiger partial charge in [0.25, 0.3) is 5.91 Å². The first-order valence-electron chi connectivity index (χ1n) is 5.68. The summed E-state index contributed by atoms with van der Waals surface area (Å²) in [5.74, 6) is 0.101. The minimum absolute atomic E-state index is 0.210. The molecule has 0 bridgehead atoms. The Bertz CT molecular complexity index is 629. The van der Waals surface area contributed by atoms with Crippen molar-refractivity contribution in [2.45, 2.75) is 6.54 Å². The van der Waals surface area contributed by atoms with Crippen molar-refractivity contribution in [3.8, 4) is 6.07 Å². The molecule has 19 heavy (non-hydrogen) atoms. The Morgan fingerprint density at radius 2 is 2.05 bits per heavy atom. The molecule has 0 aliphatic heterocycles. The van der Waals surface area contributed by atoms with Crippen LogP contribution in [0.1, 0.15) is 21.5 Å². The molecule has 1 heterocycles. The second-order valence-electron chi connectivity index (χ2n) is 3.96. The van der Waals surface area contributed by atoms with E-state index in [1.807, 2.05) is 6.07 Å². The zero-order valence-corrected chi connectivity index (χ0v) is 10.1. The van der Waals surface area contributed by atoms with Crippen molar-refractivity contribution in [2.24, 2.45) is 0 Å². The predicted octanol–water partition coefficient (Wildman–Crippen LogP) is 1.47. The van der Waals surface area contributed by atoms with Crippen molar-refractivity contribution >= 4 is 11.7 Å². The Labute approximate surface area is 110 Å². The van der Waals surface area contributed by atoms with Crippen molar-refractivity contribution in [1.29, 1.82) is 5.26 Å². The molecule has 0 fully saturated rings. The molecule has 0 saturated heterocycles. The molecule has 1 aromatic heterocycles. The number of carbonyl (C=O) groups excluding carboxylic acids is 1. The number of nitrogens with zero attached hydrogens (tertiary/aromatic N) is 2. The van der Waals surface area contributed by atoms with Crippen LogP contribution in [-0.4, -0.2) is 10.9 Å². The molecule has 94 valence electrons. The second kappa shape index (κ2) is 5.65. The third-order valence-corrected chi connectivity index (χ3v) is 2.58. The smallest absolute Gasteiger partial charge is 0.251 e. The van der Waals surface area contributed by atoms with Gasteiger partial charge in [0.05, 0.1) is 11.6 Å². The number of nitrogens with one attached hydrogen (secondary N) is 1. The highest BCUT2D eigenvalue weighted by Gasteiger charge is 2.05. The Balaban J connectivity index is 1.98. The van der Waals surface area contributed by atoms with Gasteiger partial charge in [-0.15, -0.1) is 0 Å². The highest BCUT2D eigenvalue weighted by atomic mass is 16.1. The van der Waals surface area contributed by atoms with E-state index in [-0.39, 0.29) is 5.91 Å². The van der Waals surface area contributed by atoms with Gasteiger partial charge in [0.15, 0.2) is 0 Å². The van der Waals surface area contributed by atoms with Gasteiger partial charge in [0.1, 0.15) is 5.82 Å². The Morgan fingerprint density at radius 3 is 2.68 bits per heavy atom. The van der Waals surface area contributed by atoms with Gasteiger partial charge in [0, 0.05) is 18.3 Å². The van der Waals surface area contributed by atoms with E-state index in [4.69, 9.17) is 11.0 Å². The summed E-state index contributed by atoms with van der Waals surface area (Å²) in [6.45, 7) is 0.396. The summed E-state index contributed by atoms with van der Waals surface area (Å²) in [4.78, 5) is 15.7. The molecule has 2 rings (SSSR count). The Morgan fingerprint density at radius 1 is 1.32 bits per heavy atom. The molecule has 0 unspecified atom stereocenters. The summed E-state index contributed by atoms with van der Waals surface area (Å²) < 4.78 is 0. The molecule has 0 aliphatic rings. The van der Waals surface area contributed by atoms with E-state index in [2.05, 4.69) is 10.3 Å². The standard InChI is InChI=1S/C14H12N4O/c15-8-10-1-3-11(4-2-10)9-18-14(19)12-5-6-17-13(16)7-12/h1-7H,9H2,(H2,16,17)(H,18,19). The third kappa shape index (κ3) is 3.30. The van der Waals surface area contributed by atoms with Gasteiger partial charge in [-0.2, -0.15) is 5.26 Å². The van der Waals surface area contributed by atoms with E-state index < -0.39 is 0 Å². The maximum atomic E-state index is 11.8. The lowest BCUT2D eigenvalue weighted by molar-refractivity contribution is 0.0951. The SMILES string of the molecule is N#Cc1ccc(CNC(=O)c2ccnc(N)c2)cc1. The topological polar surface area (TPSA) is 91.8 Å². The fourth-order valence-corrected chi connectivity index (χ4v) is 1.57. The molecule has 3 N–H and O–H groups in total. The molecule has 2 aromatic rings. The number of pyridine rings is 1. The highest BCUT2D eigenvalue weighted by Crippen LogP contribution is 2.05. The van der Waals surface area contributed by atoms with Gasteiger partial charge in [-0.25, -0.2) is 4.98 Å². The highest BCUT2D eigenvalue weighted by molar-refractivity contribution is 5.94. The molecule has 0 saturated carbocycles. The normalized spacial score (nSPS) is 9.63. The van der Waals surface area contributed by atoms with Crippen LogP contribution in [0.3, 0.4) is 0 Å². The molecule has 0 spiro atoms. The fraction of sp³-hybridized carbons (Fsp3) is 0.0714. The van der Waals surface area contributed by atoms with Crippen molar-refractivity contribution in [3.05, 3.63) is 59.3 Å². The largest absolute Gasteiger partial charge is 0.384 e. The van der Waals surface area contributed by atoms with Crippen molar-refractivity contribution < 1.29 is 4.79 Å². The number of rotatable bonds is 3. The minimum atomic E-state index is -0.210. The van der Waals surface area contributed by atoms with Crippen LogP contribution in [0, 0.1) is 11.3 Å². The number of nitrogen functional groups attached to an aromatic ring is 1. The molecular formula is C14H12N4O. The zero-order chi connectivity index (χ0) is 13.7. The lowest BCUT2D eigenvalue weighted by Crippen LogP contribution is -2.22. The molecular weight excluding hydrogens is 240 g/mol. The van der Waals surface area contributed by atoms with E-state index >= 15 is 0 Å². The van der Waals surface area contributed by atoms with Crippen LogP contribution in [0.25, 0.3) is 0 Å². The number of hydrogen-bond acceptors (Lipinski definition) is 4. The van der Waals surface area contributed by atoms with Crippen LogP contribution in [0.15, 0.2) is 42.6 Å². The van der Waals surface area contributed by atoms with Crippen LogP contribution >= 0.6 is 0 Å². The summed E-state index contributed by atoms with van der Waals surface area (Å²) in [5.41, 5.74) is 7.51. The summed E-state index contributed by atoms with van der Waals surface area (Å²) in [5, 5.41) is 11.5. The van der Waals surface area contributed by atoms with Gasteiger partial charge in [0.2, 0.25) is 0 Å². The fourth-order valence-electron chi connectivity index (χ4n) is 1.57. The average molecular weight is 252 g/mol. The minimum Gasteiger partial charge on any atom is -0.384 e. The molecule has 1 amide bonds. The Hall–Kier alpha value is -2.87. The first-order valence-corrected chi connectivity index (χ1v) is 5.68. The summed E-state index contributed by atoms with van der Waals surface area (Å²) in [6, 6.07) is 12.2.